The summed E-state index contributed by atoms with van der Waals surface area (Å²) in [6.07, 6.45) is 0.746. The minimum atomic E-state index is -4.06. The van der Waals surface area contributed by atoms with Crippen molar-refractivity contribution in [3.05, 3.63) is 21.8 Å². The van der Waals surface area contributed by atoms with Gasteiger partial charge in [-0.05, 0) is 12.5 Å². The van der Waals surface area contributed by atoms with E-state index < -0.39 is 18.7 Å². The van der Waals surface area contributed by atoms with E-state index >= 15 is 0 Å². The standard InChI is InChI=1S/C5H10NO5P/c1-5(4-6(7)8)2-3-12(9,10)11/h2H,3-4H2,1H3,(H2,9,10,11)/b5-2+. The Labute approximate surface area is 69.2 Å². The minimum Gasteiger partial charge on any atom is -0.324 e. The smallest absolute Gasteiger partial charge is 0.324 e. The maximum absolute atomic E-state index is 10.3. The van der Waals surface area contributed by atoms with Crippen LogP contribution in [0.5, 0.6) is 0 Å². The van der Waals surface area contributed by atoms with Gasteiger partial charge in [0.25, 0.3) is 0 Å². The third-order valence-corrected chi connectivity index (χ3v) is 1.71. The summed E-state index contributed by atoms with van der Waals surface area (Å²) in [6, 6.07) is 0. The molecular formula is C5H10NO5P. The highest BCUT2D eigenvalue weighted by Crippen LogP contribution is 2.34. The Morgan fingerprint density at radius 1 is 1.67 bits per heavy atom. The monoisotopic (exact) mass is 195 g/mol. The van der Waals surface area contributed by atoms with Crippen LogP contribution in [0.3, 0.4) is 0 Å². The zero-order valence-corrected chi connectivity index (χ0v) is 7.40. The summed E-state index contributed by atoms with van der Waals surface area (Å²) >= 11 is 0. The summed E-state index contributed by atoms with van der Waals surface area (Å²) in [5, 5.41) is 9.90. The molecule has 0 aromatic carbocycles. The Kier molecular flexibility index (Phi) is 4.09. The highest BCUT2D eigenvalue weighted by Gasteiger charge is 2.10. The largest absolute Gasteiger partial charge is 0.329 e. The second-order valence-corrected chi connectivity index (χ2v) is 4.08. The van der Waals surface area contributed by atoms with Crippen molar-refractivity contribution in [2.75, 3.05) is 12.7 Å². The lowest BCUT2D eigenvalue weighted by molar-refractivity contribution is -0.470. The van der Waals surface area contributed by atoms with Crippen LogP contribution < -0.4 is 0 Å². The van der Waals surface area contributed by atoms with Gasteiger partial charge in [-0.15, -0.1) is 0 Å². The number of nitro groups is 1. The molecule has 6 nitrogen and oxygen atoms in total. The van der Waals surface area contributed by atoms with Crippen molar-refractivity contribution in [2.24, 2.45) is 0 Å². The highest BCUT2D eigenvalue weighted by molar-refractivity contribution is 7.51. The number of hydrogen-bond acceptors (Lipinski definition) is 3. The first-order valence-corrected chi connectivity index (χ1v) is 4.93. The van der Waals surface area contributed by atoms with Crippen LogP contribution in [0, 0.1) is 10.1 Å². The zero-order valence-electron chi connectivity index (χ0n) is 6.51. The van der Waals surface area contributed by atoms with E-state index in [9.17, 15) is 14.7 Å². The van der Waals surface area contributed by atoms with Crippen LogP contribution in [0.2, 0.25) is 0 Å². The van der Waals surface area contributed by atoms with Crippen molar-refractivity contribution in [2.45, 2.75) is 6.92 Å². The van der Waals surface area contributed by atoms with Crippen LogP contribution in [0.15, 0.2) is 11.6 Å². The maximum Gasteiger partial charge on any atom is 0.329 e. The molecule has 0 heterocycles. The van der Waals surface area contributed by atoms with E-state index in [4.69, 9.17) is 9.79 Å². The van der Waals surface area contributed by atoms with E-state index in [1.165, 1.54) is 13.0 Å². The Balaban J connectivity index is 4.02. The number of rotatable bonds is 4. The third-order valence-electron chi connectivity index (χ3n) is 1.06. The Morgan fingerprint density at radius 3 is 2.50 bits per heavy atom. The van der Waals surface area contributed by atoms with Crippen LogP contribution in [-0.4, -0.2) is 27.4 Å². The molecule has 2 N–H and O–H groups in total. The summed E-state index contributed by atoms with van der Waals surface area (Å²) in [7, 11) is -4.06. The Hall–Kier alpha value is -0.710. The van der Waals surface area contributed by atoms with Gasteiger partial charge in [0, 0.05) is 4.92 Å². The van der Waals surface area contributed by atoms with Crippen molar-refractivity contribution in [1.29, 1.82) is 0 Å². The lowest BCUT2D eigenvalue weighted by Gasteiger charge is -1.98. The van der Waals surface area contributed by atoms with Gasteiger partial charge in [0.15, 0.2) is 0 Å². The second kappa shape index (κ2) is 4.35. The van der Waals surface area contributed by atoms with Gasteiger partial charge in [0.05, 0.1) is 6.16 Å². The summed E-state index contributed by atoms with van der Waals surface area (Å²) in [5.41, 5.74) is 0.350. The van der Waals surface area contributed by atoms with Crippen molar-refractivity contribution >= 4 is 7.60 Å². The maximum atomic E-state index is 10.3. The topological polar surface area (TPSA) is 101 Å². The molecule has 0 fully saturated rings. The van der Waals surface area contributed by atoms with E-state index in [-0.39, 0.29) is 6.54 Å². The van der Waals surface area contributed by atoms with Gasteiger partial charge >= 0.3 is 7.60 Å². The zero-order chi connectivity index (χ0) is 9.78. The summed E-state index contributed by atoms with van der Waals surface area (Å²) < 4.78 is 10.3. The molecule has 0 bridgehead atoms. The fourth-order valence-corrected chi connectivity index (χ4v) is 1.09. The molecule has 0 aliphatic carbocycles. The molecule has 0 aromatic heterocycles. The first-order chi connectivity index (χ1) is 5.31. The first-order valence-electron chi connectivity index (χ1n) is 3.13. The molecule has 0 radical (unpaired) electrons. The summed E-state index contributed by atoms with van der Waals surface area (Å²) in [6.45, 7) is 1.08. The fraction of sp³-hybridized carbons (Fsp3) is 0.600. The summed E-state index contributed by atoms with van der Waals surface area (Å²) in [4.78, 5) is 26.1. The van der Waals surface area contributed by atoms with Gasteiger partial charge in [-0.3, -0.25) is 14.7 Å². The first kappa shape index (κ1) is 11.3. The van der Waals surface area contributed by atoms with Crippen LogP contribution in [0.25, 0.3) is 0 Å². The van der Waals surface area contributed by atoms with Crippen LogP contribution in [0.4, 0.5) is 0 Å². The molecule has 7 heteroatoms. The lowest BCUT2D eigenvalue weighted by atomic mass is 10.3. The fourth-order valence-electron chi connectivity index (χ4n) is 0.543. The minimum absolute atomic E-state index is 0.350. The molecule has 0 rings (SSSR count). The van der Waals surface area contributed by atoms with Gasteiger partial charge in [0.2, 0.25) is 6.54 Å². The quantitative estimate of drug-likeness (QED) is 0.292. The third kappa shape index (κ3) is 7.40. The molecule has 0 spiro atoms. The van der Waals surface area contributed by atoms with E-state index in [1.54, 1.807) is 0 Å². The summed E-state index contributed by atoms with van der Waals surface area (Å²) in [5.74, 6) is 0. The van der Waals surface area contributed by atoms with Crippen molar-refractivity contribution in [3.63, 3.8) is 0 Å². The van der Waals surface area contributed by atoms with Gasteiger partial charge < -0.3 is 9.79 Å². The molecule has 12 heavy (non-hydrogen) atoms. The molecule has 0 unspecified atom stereocenters. The predicted molar refractivity (Wildman–Crippen MR) is 42.5 cm³/mol. The molecule has 0 saturated heterocycles. The molecule has 0 atom stereocenters. The van der Waals surface area contributed by atoms with Gasteiger partial charge in [-0.25, -0.2) is 0 Å². The lowest BCUT2D eigenvalue weighted by Crippen LogP contribution is -2.02. The normalized spacial score (nSPS) is 13.1. The Bertz CT molecular complexity index is 242. The molecule has 0 aromatic rings. The van der Waals surface area contributed by atoms with Crippen LogP contribution >= 0.6 is 7.60 Å². The van der Waals surface area contributed by atoms with Gasteiger partial charge in [0.1, 0.15) is 0 Å². The number of hydrogen-bond donors (Lipinski definition) is 2. The Morgan fingerprint density at radius 2 is 2.17 bits per heavy atom. The number of nitrogens with zero attached hydrogens (tertiary/aromatic N) is 1. The molecule has 70 valence electrons. The van der Waals surface area contributed by atoms with E-state index in [1.807, 2.05) is 0 Å². The molecule has 0 saturated carbocycles. The number of allylic oxidation sites excluding steroid dienone is 1. The van der Waals surface area contributed by atoms with E-state index in [0.29, 0.717) is 5.57 Å². The second-order valence-electron chi connectivity index (χ2n) is 2.39. The van der Waals surface area contributed by atoms with Gasteiger partial charge in [-0.2, -0.15) is 0 Å². The molecule has 0 aliphatic heterocycles. The average molecular weight is 195 g/mol. The average Bonchev–Trinajstić information content (AvgIpc) is 1.80. The van der Waals surface area contributed by atoms with E-state index in [0.717, 1.165) is 0 Å². The van der Waals surface area contributed by atoms with Crippen LogP contribution in [-0.2, 0) is 4.57 Å². The van der Waals surface area contributed by atoms with E-state index in [2.05, 4.69) is 0 Å². The highest BCUT2D eigenvalue weighted by atomic mass is 31.2. The van der Waals surface area contributed by atoms with Crippen molar-refractivity contribution in [3.8, 4) is 0 Å². The van der Waals surface area contributed by atoms with Crippen molar-refractivity contribution < 1.29 is 19.3 Å². The SMILES string of the molecule is C/C(=C\CP(=O)(O)O)C[N+](=O)[O-]. The van der Waals surface area contributed by atoms with Crippen LogP contribution in [0.1, 0.15) is 6.92 Å². The molecule has 0 amide bonds. The predicted octanol–water partition coefficient (Wildman–Crippen LogP) is 0.387. The van der Waals surface area contributed by atoms with Gasteiger partial charge in [-0.1, -0.05) is 6.08 Å². The molecule has 0 aliphatic rings. The molecular weight excluding hydrogens is 185 g/mol. The van der Waals surface area contributed by atoms with Crippen molar-refractivity contribution in [1.82, 2.24) is 0 Å².